The summed E-state index contributed by atoms with van der Waals surface area (Å²) >= 11 is 0. The van der Waals surface area contributed by atoms with E-state index in [-0.39, 0.29) is 6.03 Å². The Morgan fingerprint density at radius 3 is 2.85 bits per heavy atom. The average Bonchev–Trinajstić information content (AvgIpc) is 2.44. The largest absolute Gasteiger partial charge is 0.469 e. The second kappa shape index (κ2) is 4.13. The first-order valence-electron chi connectivity index (χ1n) is 6.39. The molecule has 2 bridgehead atoms. The Labute approximate surface area is 116 Å². The highest BCUT2D eigenvalue weighted by atomic mass is 16.5. The predicted octanol–water partition coefficient (Wildman–Crippen LogP) is 1.28. The molecule has 2 unspecified atom stereocenters. The number of benzene rings is 1. The highest BCUT2D eigenvalue weighted by Crippen LogP contribution is 2.47. The number of esters is 1. The van der Waals surface area contributed by atoms with Gasteiger partial charge in [0, 0.05) is 12.6 Å². The van der Waals surface area contributed by atoms with Crippen LogP contribution in [0.5, 0.6) is 5.75 Å². The minimum Gasteiger partial charge on any atom is -0.469 e. The second-order valence-electron chi connectivity index (χ2n) is 5.18. The van der Waals surface area contributed by atoms with E-state index in [0.29, 0.717) is 5.75 Å². The fourth-order valence-corrected chi connectivity index (χ4v) is 2.96. The van der Waals surface area contributed by atoms with Gasteiger partial charge in [-0.05, 0) is 13.0 Å². The smallest absolute Gasteiger partial charge is 0.320 e. The van der Waals surface area contributed by atoms with Gasteiger partial charge in [0.1, 0.15) is 11.7 Å². The summed E-state index contributed by atoms with van der Waals surface area (Å²) in [4.78, 5) is 25.6. The standard InChI is InChI=1S/C14H16N2O4/c1-14-10(12(17)19-3)11(15-13(18)16(14)2)8-6-4-5-7-9(8)20-14/h4-7,10-11H,1-3H3,(H,15,18)/t10?,11?,14-/m0/s1. The van der Waals surface area contributed by atoms with Gasteiger partial charge in [-0.3, -0.25) is 9.69 Å². The molecule has 1 aromatic carbocycles. The van der Waals surface area contributed by atoms with Crippen LogP contribution in [-0.4, -0.2) is 36.8 Å². The third-order valence-corrected chi connectivity index (χ3v) is 4.19. The topological polar surface area (TPSA) is 67.9 Å². The van der Waals surface area contributed by atoms with E-state index in [1.807, 2.05) is 24.3 Å². The normalized spacial score (nSPS) is 30.9. The van der Waals surface area contributed by atoms with Crippen LogP contribution in [0.4, 0.5) is 4.79 Å². The third kappa shape index (κ3) is 1.51. The molecule has 106 valence electrons. The summed E-state index contributed by atoms with van der Waals surface area (Å²) in [7, 11) is 2.94. The van der Waals surface area contributed by atoms with Gasteiger partial charge in [-0.15, -0.1) is 0 Å². The maximum absolute atomic E-state index is 12.2. The van der Waals surface area contributed by atoms with Crippen LogP contribution >= 0.6 is 0 Å². The number of urea groups is 1. The lowest BCUT2D eigenvalue weighted by Crippen LogP contribution is -2.70. The molecule has 2 aliphatic rings. The van der Waals surface area contributed by atoms with Gasteiger partial charge in [-0.2, -0.15) is 0 Å². The van der Waals surface area contributed by atoms with Crippen molar-refractivity contribution in [3.05, 3.63) is 29.8 Å². The van der Waals surface area contributed by atoms with E-state index in [9.17, 15) is 9.59 Å². The molecular weight excluding hydrogens is 260 g/mol. The fourth-order valence-electron chi connectivity index (χ4n) is 2.96. The van der Waals surface area contributed by atoms with Gasteiger partial charge in [0.05, 0.1) is 13.2 Å². The Kier molecular flexibility index (Phi) is 2.64. The second-order valence-corrected chi connectivity index (χ2v) is 5.18. The van der Waals surface area contributed by atoms with E-state index in [0.717, 1.165) is 5.56 Å². The number of hydrogen-bond acceptors (Lipinski definition) is 4. The highest BCUT2D eigenvalue weighted by Gasteiger charge is 2.59. The average molecular weight is 276 g/mol. The predicted molar refractivity (Wildman–Crippen MR) is 70.0 cm³/mol. The van der Waals surface area contributed by atoms with Crippen molar-refractivity contribution in [2.24, 2.45) is 5.92 Å². The van der Waals surface area contributed by atoms with Crippen LogP contribution in [0.2, 0.25) is 0 Å². The van der Waals surface area contributed by atoms with Gasteiger partial charge in [-0.25, -0.2) is 4.79 Å². The Morgan fingerprint density at radius 2 is 2.15 bits per heavy atom. The minimum absolute atomic E-state index is 0.271. The number of fused-ring (bicyclic) bond motifs is 4. The van der Waals surface area contributed by atoms with Crippen LogP contribution in [0.25, 0.3) is 0 Å². The Bertz CT molecular complexity index is 588. The van der Waals surface area contributed by atoms with E-state index in [1.165, 1.54) is 12.0 Å². The lowest BCUT2D eigenvalue weighted by atomic mass is 9.79. The van der Waals surface area contributed by atoms with E-state index in [2.05, 4.69) is 5.32 Å². The summed E-state index contributed by atoms with van der Waals surface area (Å²) in [6.45, 7) is 1.73. The summed E-state index contributed by atoms with van der Waals surface area (Å²) < 4.78 is 10.9. The number of para-hydroxylation sites is 1. The van der Waals surface area contributed by atoms with Gasteiger partial charge in [0.15, 0.2) is 5.72 Å². The Balaban J connectivity index is 2.18. The van der Waals surface area contributed by atoms with E-state index < -0.39 is 23.7 Å². The molecule has 3 rings (SSSR count). The first kappa shape index (κ1) is 12.8. The SMILES string of the molecule is COC(=O)C1C2NC(=O)N(C)[C@@]1(C)Oc1ccccc12. The van der Waals surface area contributed by atoms with Crippen LogP contribution in [0.15, 0.2) is 24.3 Å². The molecule has 0 aromatic heterocycles. The third-order valence-electron chi connectivity index (χ3n) is 4.19. The van der Waals surface area contributed by atoms with Crippen LogP contribution in [0.3, 0.4) is 0 Å². The number of carbonyl (C=O) groups excluding carboxylic acids is 2. The number of hydrogen-bond donors (Lipinski definition) is 1. The maximum atomic E-state index is 12.2. The monoisotopic (exact) mass is 276 g/mol. The van der Waals surface area contributed by atoms with Gasteiger partial charge < -0.3 is 14.8 Å². The maximum Gasteiger partial charge on any atom is 0.320 e. The molecule has 1 saturated heterocycles. The molecule has 0 aliphatic carbocycles. The van der Waals surface area contributed by atoms with E-state index in [1.54, 1.807) is 14.0 Å². The molecule has 2 heterocycles. The lowest BCUT2D eigenvalue weighted by molar-refractivity contribution is -0.173. The van der Waals surface area contributed by atoms with Crippen molar-refractivity contribution in [3.8, 4) is 5.75 Å². The summed E-state index contributed by atoms with van der Waals surface area (Å²) in [5.41, 5.74) is -0.268. The first-order valence-corrected chi connectivity index (χ1v) is 6.39. The van der Waals surface area contributed by atoms with Crippen LogP contribution in [0.1, 0.15) is 18.5 Å². The number of nitrogens with zero attached hydrogens (tertiary/aromatic N) is 1. The highest BCUT2D eigenvalue weighted by molar-refractivity contribution is 5.84. The molecule has 20 heavy (non-hydrogen) atoms. The van der Waals surface area contributed by atoms with Crippen LogP contribution in [-0.2, 0) is 9.53 Å². The molecular formula is C14H16N2O4. The van der Waals surface area contributed by atoms with Gasteiger partial charge in [-0.1, -0.05) is 18.2 Å². The number of amides is 2. The molecule has 0 spiro atoms. The number of nitrogens with one attached hydrogen (secondary N) is 1. The van der Waals surface area contributed by atoms with Crippen LogP contribution < -0.4 is 10.1 Å². The fraction of sp³-hybridized carbons (Fsp3) is 0.429. The number of rotatable bonds is 1. The molecule has 6 heteroatoms. The van der Waals surface area contributed by atoms with Gasteiger partial charge in [0.2, 0.25) is 0 Å². The van der Waals surface area contributed by atoms with Crippen molar-refractivity contribution >= 4 is 12.0 Å². The van der Waals surface area contributed by atoms with Crippen LogP contribution in [0, 0.1) is 5.92 Å². The van der Waals surface area contributed by atoms with E-state index >= 15 is 0 Å². The zero-order valence-corrected chi connectivity index (χ0v) is 11.5. The van der Waals surface area contributed by atoms with Gasteiger partial charge >= 0.3 is 12.0 Å². The summed E-state index contributed by atoms with van der Waals surface area (Å²) in [6.07, 6.45) is 0. The molecule has 1 aromatic rings. The summed E-state index contributed by atoms with van der Waals surface area (Å²) in [5.74, 6) is -0.351. The number of ether oxygens (including phenoxy) is 2. The quantitative estimate of drug-likeness (QED) is 0.785. The molecule has 6 nitrogen and oxygen atoms in total. The van der Waals surface area contributed by atoms with Crippen molar-refractivity contribution in [1.29, 1.82) is 0 Å². The molecule has 3 atom stereocenters. The number of carbonyl (C=O) groups is 2. The zero-order chi connectivity index (χ0) is 14.5. The van der Waals surface area contributed by atoms with Crippen molar-refractivity contribution in [2.45, 2.75) is 18.7 Å². The first-order chi connectivity index (χ1) is 9.49. The van der Waals surface area contributed by atoms with E-state index in [4.69, 9.17) is 9.47 Å². The molecule has 0 radical (unpaired) electrons. The minimum atomic E-state index is -1.06. The number of methoxy groups -OCH3 is 1. The van der Waals surface area contributed by atoms with Crippen molar-refractivity contribution < 1.29 is 19.1 Å². The molecule has 0 saturated carbocycles. The Morgan fingerprint density at radius 1 is 1.45 bits per heavy atom. The Hall–Kier alpha value is -2.24. The van der Waals surface area contributed by atoms with Gasteiger partial charge in [0.25, 0.3) is 0 Å². The summed E-state index contributed by atoms with van der Waals surface area (Å²) in [6, 6.07) is 6.68. The molecule has 1 N–H and O–H groups in total. The summed E-state index contributed by atoms with van der Waals surface area (Å²) in [5, 5.41) is 2.85. The zero-order valence-electron chi connectivity index (χ0n) is 11.5. The lowest BCUT2D eigenvalue weighted by Gasteiger charge is -2.53. The molecule has 1 fully saturated rings. The van der Waals surface area contributed by atoms with Crippen molar-refractivity contribution in [3.63, 3.8) is 0 Å². The molecule has 2 amide bonds. The van der Waals surface area contributed by atoms with Crippen molar-refractivity contribution in [1.82, 2.24) is 10.2 Å². The van der Waals surface area contributed by atoms with Crippen molar-refractivity contribution in [2.75, 3.05) is 14.2 Å². The molecule has 2 aliphatic heterocycles.